The van der Waals surface area contributed by atoms with Crippen LogP contribution in [-0.2, 0) is 25.9 Å². The summed E-state index contributed by atoms with van der Waals surface area (Å²) in [6, 6.07) is 12.5. The number of hydrogen-bond donors (Lipinski definition) is 0. The number of anilines is 1. The van der Waals surface area contributed by atoms with E-state index >= 15 is 0 Å². The fourth-order valence-corrected chi connectivity index (χ4v) is 7.18. The van der Waals surface area contributed by atoms with Gasteiger partial charge in [0.25, 0.3) is 5.91 Å². The second kappa shape index (κ2) is 12.2. The largest absolute Gasteiger partial charge is 0.379 e. The van der Waals surface area contributed by atoms with E-state index < -0.39 is 10.0 Å². The second-order valence-electron chi connectivity index (χ2n) is 9.46. The van der Waals surface area contributed by atoms with Gasteiger partial charge < -0.3 is 9.47 Å². The van der Waals surface area contributed by atoms with E-state index in [-0.39, 0.29) is 10.8 Å². The summed E-state index contributed by atoms with van der Waals surface area (Å²) in [4.78, 5) is 22.8. The van der Waals surface area contributed by atoms with E-state index in [0.29, 0.717) is 43.5 Å². The fourth-order valence-electron chi connectivity index (χ4n) is 4.71. The van der Waals surface area contributed by atoms with Crippen LogP contribution in [-0.4, -0.2) is 94.2 Å². The number of aryl methyl sites for hydroxylation is 1. The molecule has 11 heteroatoms. The van der Waals surface area contributed by atoms with Gasteiger partial charge >= 0.3 is 0 Å². The third-order valence-corrected chi connectivity index (χ3v) is 9.95. The fraction of sp³-hybridized carbons (Fsp3) is 0.481. The van der Waals surface area contributed by atoms with Gasteiger partial charge in [-0.25, -0.2) is 13.4 Å². The van der Waals surface area contributed by atoms with Gasteiger partial charge in [-0.3, -0.25) is 14.6 Å². The molecule has 0 saturated carbocycles. The van der Waals surface area contributed by atoms with Crippen molar-refractivity contribution in [2.75, 3.05) is 70.6 Å². The number of carbonyl (C=O) groups is 1. The van der Waals surface area contributed by atoms with Crippen molar-refractivity contribution in [3.63, 3.8) is 0 Å². The lowest BCUT2D eigenvalue weighted by molar-refractivity contribution is 0.0376. The van der Waals surface area contributed by atoms with Gasteiger partial charge in [0.2, 0.25) is 10.0 Å². The van der Waals surface area contributed by atoms with E-state index in [1.54, 1.807) is 17.0 Å². The molecule has 1 amide bonds. The molecule has 5 rings (SSSR count). The lowest BCUT2D eigenvalue weighted by atomic mass is 10.2. The molecule has 38 heavy (non-hydrogen) atoms. The van der Waals surface area contributed by atoms with Crippen LogP contribution in [0.15, 0.2) is 47.4 Å². The molecule has 9 nitrogen and oxygen atoms in total. The Hall–Kier alpha value is -2.41. The number of morpholine rings is 2. The van der Waals surface area contributed by atoms with Gasteiger partial charge in [-0.05, 0) is 54.8 Å². The van der Waals surface area contributed by atoms with Crippen molar-refractivity contribution in [2.24, 2.45) is 0 Å². The van der Waals surface area contributed by atoms with Crippen LogP contribution in [0.1, 0.15) is 29.3 Å². The Morgan fingerprint density at radius 3 is 2.37 bits per heavy atom. The van der Waals surface area contributed by atoms with Crippen molar-refractivity contribution in [2.45, 2.75) is 24.7 Å². The normalized spacial score (nSPS) is 17.6. The second-order valence-corrected chi connectivity index (χ2v) is 12.4. The van der Waals surface area contributed by atoms with Crippen LogP contribution < -0.4 is 4.90 Å². The number of sulfonamides is 1. The van der Waals surface area contributed by atoms with Gasteiger partial charge in [-0.1, -0.05) is 24.3 Å². The van der Waals surface area contributed by atoms with Crippen LogP contribution in [0.5, 0.6) is 0 Å². The summed E-state index contributed by atoms with van der Waals surface area (Å²) in [6.07, 6.45) is 1.73. The molecule has 0 radical (unpaired) electrons. The number of carbonyl (C=O) groups excluding carboxylic acids is 1. The summed E-state index contributed by atoms with van der Waals surface area (Å²) in [5, 5.41) is 0.658. The quantitative estimate of drug-likeness (QED) is 0.398. The Morgan fingerprint density at radius 1 is 1.00 bits per heavy atom. The lowest BCUT2D eigenvalue weighted by Gasteiger charge is -2.28. The Labute approximate surface area is 228 Å². The van der Waals surface area contributed by atoms with Gasteiger partial charge in [0.15, 0.2) is 5.13 Å². The topological polar surface area (TPSA) is 92.3 Å². The highest BCUT2D eigenvalue weighted by Crippen LogP contribution is 2.31. The van der Waals surface area contributed by atoms with Crippen molar-refractivity contribution in [1.82, 2.24) is 14.2 Å². The zero-order chi connectivity index (χ0) is 26.5. The molecule has 2 aliphatic heterocycles. The number of ether oxygens (including phenoxy) is 2. The third kappa shape index (κ3) is 6.08. The van der Waals surface area contributed by atoms with E-state index in [1.165, 1.54) is 33.3 Å². The number of rotatable bonds is 9. The SMILES string of the molecule is CCc1ccc2nc(N(CCCN3CCOCC3)C(=O)c3ccc(S(=O)(=O)N4CCOCC4)cc3)sc2c1. The minimum absolute atomic E-state index is 0.182. The van der Waals surface area contributed by atoms with E-state index in [4.69, 9.17) is 14.5 Å². The van der Waals surface area contributed by atoms with Gasteiger partial charge in [-0.2, -0.15) is 4.31 Å². The molecule has 0 bridgehead atoms. The predicted molar refractivity (Wildman–Crippen MR) is 149 cm³/mol. The lowest BCUT2D eigenvalue weighted by Crippen LogP contribution is -2.40. The molecule has 0 aliphatic carbocycles. The summed E-state index contributed by atoms with van der Waals surface area (Å²) in [5.74, 6) is -0.183. The Kier molecular flexibility index (Phi) is 8.71. The van der Waals surface area contributed by atoms with Crippen LogP contribution in [0.4, 0.5) is 5.13 Å². The first-order chi connectivity index (χ1) is 18.5. The molecule has 2 fully saturated rings. The number of amides is 1. The molecular weight excluding hydrogens is 524 g/mol. The summed E-state index contributed by atoms with van der Waals surface area (Å²) >= 11 is 1.52. The van der Waals surface area contributed by atoms with Crippen molar-refractivity contribution in [3.8, 4) is 0 Å². The number of fused-ring (bicyclic) bond motifs is 1. The number of benzene rings is 2. The maximum atomic E-state index is 13.8. The van der Waals surface area contributed by atoms with E-state index in [2.05, 4.69) is 24.0 Å². The minimum Gasteiger partial charge on any atom is -0.379 e. The number of thiazole rings is 1. The maximum Gasteiger partial charge on any atom is 0.260 e. The third-order valence-electron chi connectivity index (χ3n) is 6.99. The summed E-state index contributed by atoms with van der Waals surface area (Å²) in [6.45, 7) is 8.21. The molecule has 2 saturated heterocycles. The van der Waals surface area contributed by atoms with Crippen LogP contribution >= 0.6 is 11.3 Å². The minimum atomic E-state index is -3.63. The molecule has 0 atom stereocenters. The standard InChI is InChI=1S/C27H34N4O5S2/c1-2-21-4-9-24-25(20-21)37-27(28-24)31(11-3-10-29-12-16-35-17-13-29)26(32)22-5-7-23(8-6-22)38(33,34)30-14-18-36-19-15-30/h4-9,20H,2-3,10-19H2,1H3. The predicted octanol–water partition coefficient (Wildman–Crippen LogP) is 3.25. The zero-order valence-electron chi connectivity index (χ0n) is 21.7. The molecule has 0 spiro atoms. The number of nitrogens with zero attached hydrogens (tertiary/aromatic N) is 4. The number of aromatic nitrogens is 1. The van der Waals surface area contributed by atoms with Crippen LogP contribution in [0.3, 0.4) is 0 Å². The van der Waals surface area contributed by atoms with Gasteiger partial charge in [0.1, 0.15) is 0 Å². The Bertz CT molecular complexity index is 1350. The summed E-state index contributed by atoms with van der Waals surface area (Å²) < 4.78 is 39.3. The summed E-state index contributed by atoms with van der Waals surface area (Å²) in [7, 11) is -3.63. The van der Waals surface area contributed by atoms with Gasteiger partial charge in [0.05, 0.1) is 41.5 Å². The molecule has 204 valence electrons. The first-order valence-corrected chi connectivity index (χ1v) is 15.4. The highest BCUT2D eigenvalue weighted by molar-refractivity contribution is 7.89. The molecular formula is C27H34N4O5S2. The maximum absolute atomic E-state index is 13.8. The highest BCUT2D eigenvalue weighted by atomic mass is 32.2. The first-order valence-electron chi connectivity index (χ1n) is 13.1. The van der Waals surface area contributed by atoms with E-state index in [0.717, 1.165) is 55.9 Å². The zero-order valence-corrected chi connectivity index (χ0v) is 23.3. The van der Waals surface area contributed by atoms with Crippen LogP contribution in [0.25, 0.3) is 10.2 Å². The smallest absolute Gasteiger partial charge is 0.260 e. The highest BCUT2D eigenvalue weighted by Gasteiger charge is 2.27. The first kappa shape index (κ1) is 27.2. The van der Waals surface area contributed by atoms with Crippen molar-refractivity contribution in [3.05, 3.63) is 53.6 Å². The molecule has 0 unspecified atom stereocenters. The monoisotopic (exact) mass is 558 g/mol. The summed E-state index contributed by atoms with van der Waals surface area (Å²) in [5.41, 5.74) is 2.54. The Balaban J connectivity index is 1.37. The number of hydrogen-bond acceptors (Lipinski definition) is 8. The molecule has 3 aromatic rings. The molecule has 1 aromatic heterocycles. The average Bonchev–Trinajstić information content (AvgIpc) is 3.39. The average molecular weight is 559 g/mol. The van der Waals surface area contributed by atoms with Crippen LogP contribution in [0, 0.1) is 0 Å². The van der Waals surface area contributed by atoms with Gasteiger partial charge in [-0.15, -0.1) is 0 Å². The van der Waals surface area contributed by atoms with Crippen LogP contribution in [0.2, 0.25) is 0 Å². The van der Waals surface area contributed by atoms with E-state index in [1.807, 2.05) is 6.07 Å². The molecule has 2 aromatic carbocycles. The van der Waals surface area contributed by atoms with Gasteiger partial charge in [0, 0.05) is 44.8 Å². The van der Waals surface area contributed by atoms with Crippen molar-refractivity contribution in [1.29, 1.82) is 0 Å². The molecule has 0 N–H and O–H groups in total. The van der Waals surface area contributed by atoms with Crippen molar-refractivity contribution >= 4 is 42.6 Å². The van der Waals surface area contributed by atoms with Crippen molar-refractivity contribution < 1.29 is 22.7 Å². The molecule has 3 heterocycles. The Morgan fingerprint density at radius 2 is 1.68 bits per heavy atom. The molecule has 2 aliphatic rings. The van der Waals surface area contributed by atoms with E-state index in [9.17, 15) is 13.2 Å².